The molecule has 0 spiro atoms. The van der Waals surface area contributed by atoms with Gasteiger partial charge >= 0.3 is 0 Å². The van der Waals surface area contributed by atoms with Gasteiger partial charge in [0.2, 0.25) is 5.91 Å². The van der Waals surface area contributed by atoms with Crippen LogP contribution in [-0.4, -0.2) is 32.2 Å². The van der Waals surface area contributed by atoms with Gasteiger partial charge in [0.1, 0.15) is 11.6 Å². The Hall–Kier alpha value is -2.47. The van der Waals surface area contributed by atoms with E-state index in [0.717, 1.165) is 18.4 Å². The van der Waals surface area contributed by atoms with Crippen LogP contribution in [0.4, 0.5) is 20.2 Å². The van der Waals surface area contributed by atoms with Crippen molar-refractivity contribution >= 4 is 17.3 Å². The first-order chi connectivity index (χ1) is 13.1. The van der Waals surface area contributed by atoms with Crippen LogP contribution in [0.25, 0.3) is 0 Å². The number of anilines is 2. The zero-order valence-corrected chi connectivity index (χ0v) is 15.0. The number of halogens is 2. The van der Waals surface area contributed by atoms with Crippen LogP contribution < -0.4 is 10.2 Å². The minimum atomic E-state index is -0.349. The molecular weight excluding hydrogens is 350 g/mol. The van der Waals surface area contributed by atoms with Crippen molar-refractivity contribution < 1.29 is 18.3 Å². The van der Waals surface area contributed by atoms with E-state index >= 15 is 0 Å². The minimum absolute atomic E-state index is 0.0862. The molecule has 1 aliphatic carbocycles. The van der Waals surface area contributed by atoms with Gasteiger partial charge in [0.15, 0.2) is 0 Å². The fraction of sp³-hybridized carbons (Fsp3) is 0.381. The fourth-order valence-corrected chi connectivity index (χ4v) is 3.80. The van der Waals surface area contributed by atoms with E-state index in [-0.39, 0.29) is 29.4 Å². The highest BCUT2D eigenvalue weighted by Gasteiger charge is 2.37. The topological polar surface area (TPSA) is 41.6 Å². The van der Waals surface area contributed by atoms with E-state index in [1.807, 2.05) is 4.90 Å². The highest BCUT2D eigenvalue weighted by atomic mass is 19.1. The van der Waals surface area contributed by atoms with Gasteiger partial charge in [-0.2, -0.15) is 0 Å². The molecule has 2 fully saturated rings. The van der Waals surface area contributed by atoms with Crippen molar-refractivity contribution in [1.29, 1.82) is 0 Å². The summed E-state index contributed by atoms with van der Waals surface area (Å²) in [7, 11) is 0. The normalized spacial score (nSPS) is 22.2. The first-order valence-electron chi connectivity index (χ1n) is 9.30. The van der Waals surface area contributed by atoms with Crippen molar-refractivity contribution in [2.75, 3.05) is 36.5 Å². The first-order valence-corrected chi connectivity index (χ1v) is 9.30. The first kappa shape index (κ1) is 17.9. The predicted octanol–water partition coefficient (Wildman–Crippen LogP) is 3.93. The lowest BCUT2D eigenvalue weighted by atomic mass is 9.69. The van der Waals surface area contributed by atoms with Crippen molar-refractivity contribution in [3.05, 3.63) is 59.7 Å². The number of nitrogens with zero attached hydrogens (tertiary/aromatic N) is 1. The van der Waals surface area contributed by atoms with Crippen molar-refractivity contribution in [2.45, 2.75) is 18.8 Å². The number of amides is 1. The van der Waals surface area contributed by atoms with E-state index in [0.29, 0.717) is 37.7 Å². The molecule has 1 aliphatic heterocycles. The molecule has 1 heterocycles. The average Bonchev–Trinajstić information content (AvgIpc) is 2.63. The molecule has 2 aromatic carbocycles. The monoisotopic (exact) mass is 372 g/mol. The summed E-state index contributed by atoms with van der Waals surface area (Å²) in [6.07, 6.45) is 1.68. The SMILES string of the molecule is O=C(Nc1ccc(N2CCOCC2)c(F)c1)C1CCC1c1ccc(F)cc1. The zero-order chi connectivity index (χ0) is 18.8. The molecule has 142 valence electrons. The Morgan fingerprint density at radius 1 is 1.04 bits per heavy atom. The molecule has 0 aromatic heterocycles. The van der Waals surface area contributed by atoms with Crippen LogP contribution in [0.3, 0.4) is 0 Å². The van der Waals surface area contributed by atoms with Gasteiger partial charge in [0.25, 0.3) is 0 Å². The third kappa shape index (κ3) is 3.81. The third-order valence-corrected chi connectivity index (χ3v) is 5.48. The number of morpholine rings is 1. The number of nitrogens with one attached hydrogen (secondary N) is 1. The van der Waals surface area contributed by atoms with Crippen LogP contribution in [0, 0.1) is 17.6 Å². The quantitative estimate of drug-likeness (QED) is 0.884. The van der Waals surface area contributed by atoms with Crippen LogP contribution in [0.15, 0.2) is 42.5 Å². The molecule has 4 rings (SSSR count). The Kier molecular flexibility index (Phi) is 5.07. The molecule has 27 heavy (non-hydrogen) atoms. The van der Waals surface area contributed by atoms with Crippen LogP contribution in [0.5, 0.6) is 0 Å². The molecule has 6 heteroatoms. The van der Waals surface area contributed by atoms with E-state index in [9.17, 15) is 13.6 Å². The Morgan fingerprint density at radius 3 is 2.41 bits per heavy atom. The van der Waals surface area contributed by atoms with Gasteiger partial charge in [-0.15, -0.1) is 0 Å². The molecule has 0 bridgehead atoms. The van der Waals surface area contributed by atoms with E-state index < -0.39 is 0 Å². The highest BCUT2D eigenvalue weighted by Crippen LogP contribution is 2.43. The molecule has 1 amide bonds. The number of ether oxygens (including phenoxy) is 1. The highest BCUT2D eigenvalue weighted by molar-refractivity contribution is 5.94. The smallest absolute Gasteiger partial charge is 0.228 e. The maximum atomic E-state index is 14.5. The molecular formula is C21H22F2N2O2. The van der Waals surface area contributed by atoms with Crippen molar-refractivity contribution in [3.8, 4) is 0 Å². The average molecular weight is 372 g/mol. The van der Waals surface area contributed by atoms with Gasteiger partial charge < -0.3 is 15.0 Å². The summed E-state index contributed by atoms with van der Waals surface area (Å²) in [5.41, 5.74) is 1.96. The standard InChI is InChI=1S/C21H22F2N2O2/c22-15-3-1-14(2-4-15)17-6-7-18(17)21(26)24-16-5-8-20(19(23)13-16)25-9-11-27-12-10-25/h1-5,8,13,17-18H,6-7,9-12H2,(H,24,26). The lowest BCUT2D eigenvalue weighted by molar-refractivity contribution is -0.123. The second-order valence-corrected chi connectivity index (χ2v) is 7.10. The van der Waals surface area contributed by atoms with Crippen LogP contribution in [-0.2, 0) is 9.53 Å². The molecule has 4 nitrogen and oxygen atoms in total. The summed E-state index contributed by atoms with van der Waals surface area (Å²) in [4.78, 5) is 14.6. The third-order valence-electron chi connectivity index (χ3n) is 5.48. The van der Waals surface area contributed by atoms with Crippen LogP contribution in [0.2, 0.25) is 0 Å². The minimum Gasteiger partial charge on any atom is -0.378 e. The Morgan fingerprint density at radius 2 is 1.78 bits per heavy atom. The summed E-state index contributed by atoms with van der Waals surface area (Å²) < 4.78 is 32.9. The lowest BCUT2D eigenvalue weighted by Gasteiger charge is -2.36. The van der Waals surface area contributed by atoms with Gasteiger partial charge in [-0.05, 0) is 54.7 Å². The number of carbonyl (C=O) groups excluding carboxylic acids is 1. The largest absolute Gasteiger partial charge is 0.378 e. The van der Waals surface area contributed by atoms with Gasteiger partial charge in [-0.25, -0.2) is 8.78 Å². The predicted molar refractivity (Wildman–Crippen MR) is 99.9 cm³/mol. The molecule has 2 aromatic rings. The van der Waals surface area contributed by atoms with E-state index in [4.69, 9.17) is 4.74 Å². The van der Waals surface area contributed by atoms with Gasteiger partial charge in [-0.3, -0.25) is 4.79 Å². The number of carbonyl (C=O) groups is 1. The van der Waals surface area contributed by atoms with Gasteiger partial charge in [-0.1, -0.05) is 12.1 Å². The summed E-state index contributed by atoms with van der Waals surface area (Å²) in [5.74, 6) is -0.831. The van der Waals surface area contributed by atoms with E-state index in [1.54, 1.807) is 24.3 Å². The van der Waals surface area contributed by atoms with Crippen molar-refractivity contribution in [1.82, 2.24) is 0 Å². The molecule has 2 atom stereocenters. The second kappa shape index (κ2) is 7.64. The molecule has 2 unspecified atom stereocenters. The van der Waals surface area contributed by atoms with Crippen LogP contribution >= 0.6 is 0 Å². The lowest BCUT2D eigenvalue weighted by Crippen LogP contribution is -2.37. The molecule has 1 N–H and O–H groups in total. The Bertz CT molecular complexity index is 819. The summed E-state index contributed by atoms with van der Waals surface area (Å²) in [5, 5.41) is 2.83. The summed E-state index contributed by atoms with van der Waals surface area (Å²) in [6, 6.07) is 11.1. The van der Waals surface area contributed by atoms with Gasteiger partial charge in [0, 0.05) is 24.7 Å². The van der Waals surface area contributed by atoms with Crippen molar-refractivity contribution in [3.63, 3.8) is 0 Å². The van der Waals surface area contributed by atoms with E-state index in [1.165, 1.54) is 18.2 Å². The maximum absolute atomic E-state index is 14.5. The maximum Gasteiger partial charge on any atom is 0.228 e. The molecule has 0 radical (unpaired) electrons. The Labute approximate surface area is 157 Å². The summed E-state index contributed by atoms with van der Waals surface area (Å²) >= 11 is 0. The summed E-state index contributed by atoms with van der Waals surface area (Å²) in [6.45, 7) is 2.49. The number of hydrogen-bond donors (Lipinski definition) is 1. The second-order valence-electron chi connectivity index (χ2n) is 7.10. The number of benzene rings is 2. The Balaban J connectivity index is 1.42. The van der Waals surface area contributed by atoms with E-state index in [2.05, 4.69) is 5.32 Å². The fourth-order valence-electron chi connectivity index (χ4n) is 3.80. The van der Waals surface area contributed by atoms with Gasteiger partial charge in [0.05, 0.1) is 18.9 Å². The zero-order valence-electron chi connectivity index (χ0n) is 15.0. The van der Waals surface area contributed by atoms with Crippen molar-refractivity contribution in [2.24, 2.45) is 5.92 Å². The molecule has 2 aliphatic rings. The number of hydrogen-bond acceptors (Lipinski definition) is 3. The molecule has 1 saturated heterocycles. The van der Waals surface area contributed by atoms with Crippen LogP contribution in [0.1, 0.15) is 24.3 Å². The molecule has 1 saturated carbocycles. The number of rotatable bonds is 4.